The van der Waals surface area contributed by atoms with Crippen molar-refractivity contribution in [2.24, 2.45) is 0 Å². The van der Waals surface area contributed by atoms with Gasteiger partial charge in [-0.25, -0.2) is 0 Å². The van der Waals surface area contributed by atoms with Crippen molar-refractivity contribution in [1.29, 1.82) is 0 Å². The van der Waals surface area contributed by atoms with Crippen molar-refractivity contribution in [2.75, 3.05) is 6.61 Å². The quantitative estimate of drug-likeness (QED) is 0.345. The molecule has 0 aliphatic carbocycles. The van der Waals surface area contributed by atoms with Gasteiger partial charge in [-0.1, -0.05) is 13.0 Å². The third-order valence-electron chi connectivity index (χ3n) is 0.756. The van der Waals surface area contributed by atoms with E-state index in [4.69, 9.17) is 20.1 Å². The van der Waals surface area contributed by atoms with E-state index in [1.54, 1.807) is 6.08 Å². The van der Waals surface area contributed by atoms with Gasteiger partial charge in [-0.3, -0.25) is 0 Å². The molecule has 0 bridgehead atoms. The lowest BCUT2D eigenvalue weighted by molar-refractivity contribution is -0.0896. The molecule has 4 nitrogen and oxygen atoms in total. The molecule has 72 valence electrons. The molecule has 0 aromatic rings. The molecule has 12 heavy (non-hydrogen) atoms. The van der Waals surface area contributed by atoms with E-state index in [9.17, 15) is 0 Å². The van der Waals surface area contributed by atoms with Gasteiger partial charge in [-0.05, 0) is 13.0 Å². The van der Waals surface area contributed by atoms with Crippen LogP contribution < -0.4 is 0 Å². The standard InChI is InChI=1S/C6H12O2.C2H4O2/c1-3-5-8-6(7)4-2;1-2(3)4/h3,6-7H,1,4-5H2,2H3;3-4H,1H2. The fourth-order valence-electron chi connectivity index (χ4n) is 0.297. The largest absolute Gasteiger partial charge is 0.482 e. The summed E-state index contributed by atoms with van der Waals surface area (Å²) < 4.78 is 4.78. The summed E-state index contributed by atoms with van der Waals surface area (Å²) in [6.07, 6.45) is 1.63. The molecule has 0 aliphatic heterocycles. The van der Waals surface area contributed by atoms with Crippen molar-refractivity contribution in [3.05, 3.63) is 25.2 Å². The lowest BCUT2D eigenvalue weighted by Crippen LogP contribution is -2.09. The predicted molar refractivity (Wildman–Crippen MR) is 46.8 cm³/mol. The van der Waals surface area contributed by atoms with Crippen LogP contribution in [0.1, 0.15) is 13.3 Å². The Kier molecular flexibility index (Phi) is 11.3. The maximum Gasteiger partial charge on any atom is 0.266 e. The molecule has 0 radical (unpaired) electrons. The molecule has 0 saturated carbocycles. The zero-order valence-corrected chi connectivity index (χ0v) is 7.23. The van der Waals surface area contributed by atoms with E-state index in [0.29, 0.717) is 13.0 Å². The van der Waals surface area contributed by atoms with Crippen LogP contribution in [0.25, 0.3) is 0 Å². The zero-order chi connectivity index (χ0) is 9.98. The summed E-state index contributed by atoms with van der Waals surface area (Å²) >= 11 is 0. The predicted octanol–water partition coefficient (Wildman–Crippen LogP) is 1.49. The fourth-order valence-corrected chi connectivity index (χ4v) is 0.297. The molecule has 0 aromatic carbocycles. The van der Waals surface area contributed by atoms with Crippen LogP contribution in [0.4, 0.5) is 0 Å². The van der Waals surface area contributed by atoms with E-state index in [2.05, 4.69) is 13.2 Å². The highest BCUT2D eigenvalue weighted by Gasteiger charge is 1.94. The Balaban J connectivity index is 0. The van der Waals surface area contributed by atoms with Crippen LogP contribution >= 0.6 is 0 Å². The molecule has 0 rings (SSSR count). The maximum absolute atomic E-state index is 8.72. The van der Waals surface area contributed by atoms with Crippen LogP contribution in [0.15, 0.2) is 25.2 Å². The minimum atomic E-state index is -0.833. The van der Waals surface area contributed by atoms with Crippen molar-refractivity contribution in [3.63, 3.8) is 0 Å². The van der Waals surface area contributed by atoms with Gasteiger partial charge in [-0.15, -0.1) is 6.58 Å². The van der Waals surface area contributed by atoms with E-state index in [0.717, 1.165) is 0 Å². The second kappa shape index (κ2) is 10.0. The van der Waals surface area contributed by atoms with E-state index < -0.39 is 12.2 Å². The van der Waals surface area contributed by atoms with Crippen LogP contribution in [-0.4, -0.2) is 28.2 Å². The lowest BCUT2D eigenvalue weighted by atomic mass is 10.5. The first-order valence-electron chi connectivity index (χ1n) is 3.52. The second-order valence-corrected chi connectivity index (χ2v) is 1.90. The van der Waals surface area contributed by atoms with Crippen LogP contribution in [0.3, 0.4) is 0 Å². The fraction of sp³-hybridized carbons (Fsp3) is 0.500. The van der Waals surface area contributed by atoms with Gasteiger partial charge >= 0.3 is 0 Å². The number of aliphatic hydroxyl groups excluding tert-OH is 2. The summed E-state index contributed by atoms with van der Waals surface area (Å²) in [5, 5.41) is 23.6. The van der Waals surface area contributed by atoms with E-state index >= 15 is 0 Å². The van der Waals surface area contributed by atoms with Crippen molar-refractivity contribution < 1.29 is 20.1 Å². The lowest BCUT2D eigenvalue weighted by Gasteiger charge is -2.05. The summed E-state index contributed by atoms with van der Waals surface area (Å²) in [6, 6.07) is 0. The highest BCUT2D eigenvalue weighted by atomic mass is 16.6. The van der Waals surface area contributed by atoms with Crippen LogP contribution in [0.5, 0.6) is 0 Å². The SMILES string of the molecule is C=C(O)O.C=CCOC(O)CC. The Morgan fingerprint density at radius 3 is 2.25 bits per heavy atom. The molecule has 0 heterocycles. The summed E-state index contributed by atoms with van der Waals surface area (Å²) in [5.41, 5.74) is 0. The van der Waals surface area contributed by atoms with Gasteiger partial charge < -0.3 is 20.1 Å². The first-order chi connectivity index (χ1) is 5.54. The number of hydrogen-bond acceptors (Lipinski definition) is 4. The molecule has 0 saturated heterocycles. The number of aliphatic hydroxyl groups is 3. The van der Waals surface area contributed by atoms with Gasteiger partial charge in [0.05, 0.1) is 6.61 Å². The second-order valence-electron chi connectivity index (χ2n) is 1.90. The van der Waals surface area contributed by atoms with E-state index in [1.807, 2.05) is 6.92 Å². The monoisotopic (exact) mass is 176 g/mol. The average Bonchev–Trinajstić information content (AvgIpc) is 1.99. The van der Waals surface area contributed by atoms with E-state index in [-0.39, 0.29) is 0 Å². The Morgan fingerprint density at radius 1 is 1.58 bits per heavy atom. The maximum atomic E-state index is 8.72. The minimum absolute atomic E-state index is 0.426. The highest BCUT2D eigenvalue weighted by Crippen LogP contribution is 1.90. The molecular weight excluding hydrogens is 160 g/mol. The van der Waals surface area contributed by atoms with Crippen molar-refractivity contribution in [1.82, 2.24) is 0 Å². The Labute approximate surface area is 72.4 Å². The summed E-state index contributed by atoms with van der Waals surface area (Å²) in [6.45, 7) is 8.38. The zero-order valence-electron chi connectivity index (χ0n) is 7.23. The van der Waals surface area contributed by atoms with Gasteiger partial charge in [0.25, 0.3) is 5.95 Å². The first-order valence-corrected chi connectivity index (χ1v) is 3.52. The van der Waals surface area contributed by atoms with Gasteiger partial charge in [0.15, 0.2) is 6.29 Å². The smallest absolute Gasteiger partial charge is 0.266 e. The number of rotatable bonds is 4. The van der Waals surface area contributed by atoms with Crippen molar-refractivity contribution in [3.8, 4) is 0 Å². The normalized spacial score (nSPS) is 10.8. The van der Waals surface area contributed by atoms with E-state index in [1.165, 1.54) is 0 Å². The molecule has 3 N–H and O–H groups in total. The molecular formula is C8H16O4. The molecule has 0 aliphatic rings. The molecule has 1 unspecified atom stereocenters. The van der Waals surface area contributed by atoms with Crippen LogP contribution in [-0.2, 0) is 4.74 Å². The van der Waals surface area contributed by atoms with Gasteiger partial charge in [0, 0.05) is 0 Å². The van der Waals surface area contributed by atoms with Gasteiger partial charge in [0.1, 0.15) is 0 Å². The molecule has 4 heteroatoms. The third kappa shape index (κ3) is 23.0. The van der Waals surface area contributed by atoms with Gasteiger partial charge in [-0.2, -0.15) is 0 Å². The molecule has 0 spiro atoms. The van der Waals surface area contributed by atoms with Crippen LogP contribution in [0, 0.1) is 0 Å². The number of hydrogen-bond donors (Lipinski definition) is 3. The third-order valence-corrected chi connectivity index (χ3v) is 0.756. The van der Waals surface area contributed by atoms with Crippen molar-refractivity contribution in [2.45, 2.75) is 19.6 Å². The topological polar surface area (TPSA) is 69.9 Å². The Morgan fingerprint density at radius 2 is 2.00 bits per heavy atom. The Hall–Kier alpha value is -1.00. The van der Waals surface area contributed by atoms with Crippen LogP contribution in [0.2, 0.25) is 0 Å². The first kappa shape index (κ1) is 13.6. The molecule has 0 fully saturated rings. The molecule has 0 aromatic heterocycles. The minimum Gasteiger partial charge on any atom is -0.482 e. The summed E-state index contributed by atoms with van der Waals surface area (Å²) in [4.78, 5) is 0. The summed E-state index contributed by atoms with van der Waals surface area (Å²) in [7, 11) is 0. The average molecular weight is 176 g/mol. The molecule has 1 atom stereocenters. The highest BCUT2D eigenvalue weighted by molar-refractivity contribution is 4.63. The summed E-state index contributed by atoms with van der Waals surface area (Å²) in [5.74, 6) is -0.833. The molecule has 0 amide bonds. The van der Waals surface area contributed by atoms with Crippen molar-refractivity contribution >= 4 is 0 Å². The number of ether oxygens (including phenoxy) is 1. The Bertz CT molecular complexity index is 118. The van der Waals surface area contributed by atoms with Gasteiger partial charge in [0.2, 0.25) is 0 Å².